The van der Waals surface area contributed by atoms with Crippen LogP contribution in [0.1, 0.15) is 29.6 Å². The Hall–Kier alpha value is -1.53. The smallest absolute Gasteiger partial charge is 0.278 e. The van der Waals surface area contributed by atoms with Crippen molar-refractivity contribution in [2.45, 2.75) is 25.6 Å². The van der Waals surface area contributed by atoms with E-state index >= 15 is 0 Å². The number of amides is 1. The van der Waals surface area contributed by atoms with Crippen LogP contribution in [0.5, 0.6) is 0 Å². The molecule has 18 heavy (non-hydrogen) atoms. The van der Waals surface area contributed by atoms with Gasteiger partial charge in [-0.2, -0.15) is 0 Å². The molecular formula is C12H13F2NO3. The van der Waals surface area contributed by atoms with Crippen LogP contribution in [-0.4, -0.2) is 18.8 Å². The van der Waals surface area contributed by atoms with Gasteiger partial charge in [-0.25, -0.2) is 19.1 Å². The van der Waals surface area contributed by atoms with Crippen molar-refractivity contribution in [2.75, 3.05) is 6.61 Å². The zero-order chi connectivity index (χ0) is 13.0. The fraction of sp³-hybridized carbons (Fsp3) is 0.417. The maximum absolute atomic E-state index is 13.3. The van der Waals surface area contributed by atoms with E-state index in [4.69, 9.17) is 9.57 Å². The third kappa shape index (κ3) is 3.02. The van der Waals surface area contributed by atoms with E-state index in [0.29, 0.717) is 13.0 Å². The number of benzene rings is 1. The minimum absolute atomic E-state index is 0.397. The van der Waals surface area contributed by atoms with Crippen LogP contribution in [0.3, 0.4) is 0 Å². The Kier molecular flexibility index (Phi) is 4.22. The summed E-state index contributed by atoms with van der Waals surface area (Å²) >= 11 is 0. The molecule has 1 saturated heterocycles. The van der Waals surface area contributed by atoms with Gasteiger partial charge < -0.3 is 4.74 Å². The normalized spacial score (nSPS) is 19.6. The molecule has 1 amide bonds. The van der Waals surface area contributed by atoms with Crippen molar-refractivity contribution in [1.82, 2.24) is 5.48 Å². The van der Waals surface area contributed by atoms with Crippen LogP contribution in [0, 0.1) is 11.6 Å². The number of carbonyl (C=O) groups excluding carboxylic acids is 1. The molecule has 1 aliphatic rings. The zero-order valence-electron chi connectivity index (χ0n) is 9.62. The van der Waals surface area contributed by atoms with Crippen LogP contribution in [-0.2, 0) is 9.57 Å². The van der Waals surface area contributed by atoms with Gasteiger partial charge in [0.1, 0.15) is 0 Å². The Bertz CT molecular complexity index is 433. The minimum Gasteiger partial charge on any atom is -0.350 e. The first-order valence-corrected chi connectivity index (χ1v) is 5.70. The van der Waals surface area contributed by atoms with Crippen molar-refractivity contribution in [3.63, 3.8) is 0 Å². The highest BCUT2D eigenvalue weighted by Crippen LogP contribution is 2.14. The molecule has 1 aromatic rings. The quantitative estimate of drug-likeness (QED) is 0.844. The molecule has 0 saturated carbocycles. The van der Waals surface area contributed by atoms with Gasteiger partial charge in [-0.1, -0.05) is 6.07 Å². The Balaban J connectivity index is 1.93. The molecule has 1 unspecified atom stereocenters. The van der Waals surface area contributed by atoms with E-state index < -0.39 is 29.4 Å². The van der Waals surface area contributed by atoms with Crippen molar-refractivity contribution >= 4 is 5.91 Å². The molecule has 1 N–H and O–H groups in total. The van der Waals surface area contributed by atoms with Gasteiger partial charge in [0, 0.05) is 13.0 Å². The topological polar surface area (TPSA) is 47.6 Å². The van der Waals surface area contributed by atoms with E-state index in [1.807, 2.05) is 0 Å². The Morgan fingerprint density at radius 2 is 2.22 bits per heavy atom. The van der Waals surface area contributed by atoms with Crippen LogP contribution in [0.2, 0.25) is 0 Å². The summed E-state index contributed by atoms with van der Waals surface area (Å²) in [6.45, 7) is 0.564. The third-order valence-electron chi connectivity index (χ3n) is 2.62. The first-order chi connectivity index (χ1) is 8.68. The highest BCUT2D eigenvalue weighted by Gasteiger charge is 2.19. The number of halogens is 2. The molecule has 0 spiro atoms. The minimum atomic E-state index is -1.19. The summed E-state index contributed by atoms with van der Waals surface area (Å²) in [7, 11) is 0. The van der Waals surface area contributed by atoms with Gasteiger partial charge in [0.15, 0.2) is 17.9 Å². The number of rotatable bonds is 3. The molecule has 2 rings (SSSR count). The second kappa shape index (κ2) is 5.88. The van der Waals surface area contributed by atoms with Crippen LogP contribution in [0.4, 0.5) is 8.78 Å². The van der Waals surface area contributed by atoms with Crippen molar-refractivity contribution < 1.29 is 23.1 Å². The average molecular weight is 257 g/mol. The van der Waals surface area contributed by atoms with E-state index in [9.17, 15) is 13.6 Å². The Morgan fingerprint density at radius 3 is 2.94 bits per heavy atom. The first-order valence-electron chi connectivity index (χ1n) is 5.70. The summed E-state index contributed by atoms with van der Waals surface area (Å²) in [5, 5.41) is 0. The molecule has 1 aromatic carbocycles. The summed E-state index contributed by atoms with van der Waals surface area (Å²) in [4.78, 5) is 16.5. The fourth-order valence-corrected chi connectivity index (χ4v) is 1.66. The lowest BCUT2D eigenvalue weighted by atomic mass is 10.2. The predicted octanol–water partition coefficient (Wildman–Crippen LogP) is 2.15. The summed E-state index contributed by atoms with van der Waals surface area (Å²) in [6, 6.07) is 3.38. The Labute approximate surface area is 103 Å². The van der Waals surface area contributed by atoms with Crippen LogP contribution >= 0.6 is 0 Å². The maximum Gasteiger partial charge on any atom is 0.278 e. The molecule has 1 atom stereocenters. The van der Waals surface area contributed by atoms with E-state index in [-0.39, 0.29) is 0 Å². The maximum atomic E-state index is 13.3. The van der Waals surface area contributed by atoms with E-state index in [0.717, 1.165) is 18.9 Å². The van der Waals surface area contributed by atoms with Crippen LogP contribution in [0.25, 0.3) is 0 Å². The lowest BCUT2D eigenvalue weighted by Crippen LogP contribution is -2.33. The van der Waals surface area contributed by atoms with Crippen LogP contribution in [0.15, 0.2) is 18.2 Å². The third-order valence-corrected chi connectivity index (χ3v) is 2.62. The van der Waals surface area contributed by atoms with Crippen molar-refractivity contribution in [3.8, 4) is 0 Å². The molecule has 0 radical (unpaired) electrons. The molecule has 6 heteroatoms. The van der Waals surface area contributed by atoms with Crippen molar-refractivity contribution in [3.05, 3.63) is 35.4 Å². The standard InChI is InChI=1S/C12H13F2NO3/c13-9-5-3-4-8(11(9)14)12(16)15-18-10-6-1-2-7-17-10/h3-5,10H,1-2,6-7H2,(H,15,16). The Morgan fingerprint density at radius 1 is 1.39 bits per heavy atom. The van der Waals surface area contributed by atoms with E-state index in [1.165, 1.54) is 12.1 Å². The van der Waals surface area contributed by atoms with Gasteiger partial charge in [0.05, 0.1) is 5.56 Å². The molecule has 4 nitrogen and oxygen atoms in total. The monoisotopic (exact) mass is 257 g/mol. The number of hydroxylamine groups is 1. The van der Waals surface area contributed by atoms with Gasteiger partial charge in [0.25, 0.3) is 5.91 Å². The molecular weight excluding hydrogens is 244 g/mol. The molecule has 1 fully saturated rings. The molecule has 0 bridgehead atoms. The molecule has 98 valence electrons. The predicted molar refractivity (Wildman–Crippen MR) is 58.5 cm³/mol. The van der Waals surface area contributed by atoms with E-state index in [1.54, 1.807) is 0 Å². The van der Waals surface area contributed by atoms with Gasteiger partial charge in [0.2, 0.25) is 0 Å². The summed E-state index contributed by atoms with van der Waals surface area (Å²) < 4.78 is 31.4. The lowest BCUT2D eigenvalue weighted by molar-refractivity contribution is -0.186. The zero-order valence-corrected chi connectivity index (χ0v) is 9.62. The number of nitrogens with one attached hydrogen (secondary N) is 1. The second-order valence-electron chi connectivity index (χ2n) is 3.95. The SMILES string of the molecule is O=C(NOC1CCCCO1)c1cccc(F)c1F. The number of ether oxygens (including phenoxy) is 1. The first kappa shape index (κ1) is 12.9. The molecule has 1 aliphatic heterocycles. The number of hydrogen-bond acceptors (Lipinski definition) is 3. The molecule has 0 aromatic heterocycles. The summed E-state index contributed by atoms with van der Waals surface area (Å²) in [6.07, 6.45) is 2.02. The van der Waals surface area contributed by atoms with Crippen LogP contribution < -0.4 is 5.48 Å². The second-order valence-corrected chi connectivity index (χ2v) is 3.95. The van der Waals surface area contributed by atoms with Crippen molar-refractivity contribution in [1.29, 1.82) is 0 Å². The highest BCUT2D eigenvalue weighted by molar-refractivity contribution is 5.93. The fourth-order valence-electron chi connectivity index (χ4n) is 1.66. The van der Waals surface area contributed by atoms with Gasteiger partial charge in [-0.05, 0) is 25.0 Å². The number of hydrogen-bond donors (Lipinski definition) is 1. The average Bonchev–Trinajstić information content (AvgIpc) is 2.40. The van der Waals surface area contributed by atoms with Gasteiger partial charge in [-0.15, -0.1) is 0 Å². The molecule has 1 heterocycles. The summed E-state index contributed by atoms with van der Waals surface area (Å²) in [5.74, 6) is -3.10. The van der Waals surface area contributed by atoms with Gasteiger partial charge >= 0.3 is 0 Å². The summed E-state index contributed by atoms with van der Waals surface area (Å²) in [5.41, 5.74) is 1.67. The van der Waals surface area contributed by atoms with Gasteiger partial charge in [-0.3, -0.25) is 4.79 Å². The van der Waals surface area contributed by atoms with E-state index in [2.05, 4.69) is 5.48 Å². The van der Waals surface area contributed by atoms with Crippen molar-refractivity contribution in [2.24, 2.45) is 0 Å². The highest BCUT2D eigenvalue weighted by atomic mass is 19.2. The molecule has 0 aliphatic carbocycles. The lowest BCUT2D eigenvalue weighted by Gasteiger charge is -2.22. The largest absolute Gasteiger partial charge is 0.350 e. The number of carbonyl (C=O) groups is 1.